The smallest absolute Gasteiger partial charge is 0.277 e. The van der Waals surface area contributed by atoms with Crippen LogP contribution in [0.25, 0.3) is 0 Å². The molecule has 0 spiro atoms. The second-order valence-electron chi connectivity index (χ2n) is 5.69. The van der Waals surface area contributed by atoms with Gasteiger partial charge in [0.25, 0.3) is 5.69 Å². The maximum absolute atomic E-state index is 11.0. The monoisotopic (exact) mass is 293 g/mol. The second kappa shape index (κ2) is 6.39. The van der Waals surface area contributed by atoms with E-state index in [-0.39, 0.29) is 22.3 Å². The molecule has 2 heterocycles. The maximum Gasteiger partial charge on any atom is 0.277 e. The van der Waals surface area contributed by atoms with Gasteiger partial charge in [-0.2, -0.15) is 0 Å². The number of pyridine rings is 1. The number of nitrogens with zero attached hydrogens (tertiary/aromatic N) is 2. The van der Waals surface area contributed by atoms with Gasteiger partial charge in [0.2, 0.25) is 0 Å². The molecule has 21 heavy (non-hydrogen) atoms. The minimum atomic E-state index is -0.367. The molecule has 1 aliphatic heterocycles. The van der Waals surface area contributed by atoms with Gasteiger partial charge in [-0.1, -0.05) is 13.8 Å². The number of aryl methyl sites for hydroxylation is 1. The third-order valence-corrected chi connectivity index (χ3v) is 4.41. The van der Waals surface area contributed by atoms with Crippen LogP contribution in [0.3, 0.4) is 0 Å². The number of ether oxygens (including phenoxy) is 1. The molecule has 1 unspecified atom stereocenters. The van der Waals surface area contributed by atoms with Gasteiger partial charge in [0.05, 0.1) is 16.6 Å². The summed E-state index contributed by atoms with van der Waals surface area (Å²) in [6.45, 7) is 6.69. The van der Waals surface area contributed by atoms with Crippen molar-refractivity contribution in [3.63, 3.8) is 0 Å². The molecule has 6 nitrogen and oxygen atoms in total. The maximum atomic E-state index is 11.0. The molecule has 0 amide bonds. The van der Waals surface area contributed by atoms with E-state index in [2.05, 4.69) is 24.1 Å². The van der Waals surface area contributed by atoms with E-state index in [9.17, 15) is 10.1 Å². The fourth-order valence-electron chi connectivity index (χ4n) is 2.89. The predicted octanol–water partition coefficient (Wildman–Crippen LogP) is 3.45. The van der Waals surface area contributed by atoms with Crippen LogP contribution < -0.4 is 5.32 Å². The van der Waals surface area contributed by atoms with Crippen molar-refractivity contribution in [1.29, 1.82) is 0 Å². The number of hydrogen-bond acceptors (Lipinski definition) is 5. The average Bonchev–Trinajstić information content (AvgIpc) is 2.49. The van der Waals surface area contributed by atoms with Crippen LogP contribution in [-0.4, -0.2) is 28.2 Å². The average molecular weight is 293 g/mol. The van der Waals surface area contributed by atoms with Crippen LogP contribution in [0.5, 0.6) is 0 Å². The Morgan fingerprint density at radius 2 is 2.24 bits per heavy atom. The molecule has 2 rings (SSSR count). The lowest BCUT2D eigenvalue weighted by molar-refractivity contribution is -0.385. The predicted molar refractivity (Wildman–Crippen MR) is 81.5 cm³/mol. The lowest BCUT2D eigenvalue weighted by Gasteiger charge is -2.40. The molecular formula is C15H23N3O3. The number of rotatable bonds is 5. The van der Waals surface area contributed by atoms with Gasteiger partial charge in [-0.3, -0.25) is 10.1 Å². The van der Waals surface area contributed by atoms with E-state index in [4.69, 9.17) is 4.74 Å². The number of hydrogen-bond donors (Lipinski definition) is 1. The Labute approximate surface area is 125 Å². The van der Waals surface area contributed by atoms with Crippen molar-refractivity contribution in [2.45, 2.75) is 58.1 Å². The minimum Gasteiger partial charge on any atom is -0.375 e. The molecule has 6 heteroatoms. The molecule has 0 aromatic carbocycles. The molecule has 0 saturated carbocycles. The van der Waals surface area contributed by atoms with Crippen molar-refractivity contribution in [3.05, 3.63) is 27.9 Å². The zero-order valence-corrected chi connectivity index (χ0v) is 12.9. The van der Waals surface area contributed by atoms with Gasteiger partial charge in [0.1, 0.15) is 5.82 Å². The van der Waals surface area contributed by atoms with Crippen LogP contribution in [0.15, 0.2) is 12.3 Å². The Morgan fingerprint density at radius 3 is 2.86 bits per heavy atom. The molecule has 0 bridgehead atoms. The molecule has 1 aromatic heterocycles. The summed E-state index contributed by atoms with van der Waals surface area (Å²) in [7, 11) is 0. The lowest BCUT2D eigenvalue weighted by Crippen LogP contribution is -2.43. The zero-order valence-electron chi connectivity index (χ0n) is 12.9. The summed E-state index contributed by atoms with van der Waals surface area (Å²) in [5.74, 6) is 0.570. The van der Waals surface area contributed by atoms with Crippen molar-refractivity contribution in [2.24, 2.45) is 0 Å². The van der Waals surface area contributed by atoms with Crippen molar-refractivity contribution < 1.29 is 9.66 Å². The fraction of sp³-hybridized carbons (Fsp3) is 0.667. The van der Waals surface area contributed by atoms with Crippen LogP contribution in [0.4, 0.5) is 11.5 Å². The summed E-state index contributed by atoms with van der Waals surface area (Å²) in [6, 6.07) is 1.76. The van der Waals surface area contributed by atoms with E-state index in [0.29, 0.717) is 18.0 Å². The third kappa shape index (κ3) is 3.50. The van der Waals surface area contributed by atoms with Gasteiger partial charge in [-0.25, -0.2) is 4.98 Å². The normalized spacial score (nSPS) is 21.0. The highest BCUT2D eigenvalue weighted by molar-refractivity contribution is 5.49. The molecule has 1 atom stereocenters. The van der Waals surface area contributed by atoms with Gasteiger partial charge in [0.15, 0.2) is 0 Å². The number of nitro groups is 1. The topological polar surface area (TPSA) is 77.3 Å². The van der Waals surface area contributed by atoms with E-state index >= 15 is 0 Å². The molecule has 1 fully saturated rings. The molecule has 0 aliphatic carbocycles. The van der Waals surface area contributed by atoms with E-state index in [1.807, 2.05) is 0 Å². The van der Waals surface area contributed by atoms with E-state index in [0.717, 1.165) is 25.7 Å². The number of nitrogens with one attached hydrogen (secondary N) is 1. The Kier molecular flexibility index (Phi) is 4.77. The first-order valence-corrected chi connectivity index (χ1v) is 7.51. The van der Waals surface area contributed by atoms with Crippen LogP contribution >= 0.6 is 0 Å². The number of anilines is 1. The van der Waals surface area contributed by atoms with Crippen LogP contribution in [0.2, 0.25) is 0 Å². The first kappa shape index (κ1) is 15.7. The van der Waals surface area contributed by atoms with Crippen LogP contribution in [0.1, 0.15) is 45.1 Å². The van der Waals surface area contributed by atoms with Gasteiger partial charge < -0.3 is 10.1 Å². The van der Waals surface area contributed by atoms with Crippen molar-refractivity contribution in [1.82, 2.24) is 4.98 Å². The van der Waals surface area contributed by atoms with Gasteiger partial charge >= 0.3 is 0 Å². The number of aromatic nitrogens is 1. The van der Waals surface area contributed by atoms with Gasteiger partial charge in [-0.15, -0.1) is 0 Å². The highest BCUT2D eigenvalue weighted by atomic mass is 16.6. The summed E-state index contributed by atoms with van der Waals surface area (Å²) < 4.78 is 5.94. The zero-order chi connectivity index (χ0) is 15.5. The SMILES string of the molecule is CCC1(CC)CC(Nc2cc([N+](=O)[O-])c(C)cn2)CCO1. The Balaban J connectivity index is 2.11. The first-order chi connectivity index (χ1) is 9.99. The summed E-state index contributed by atoms with van der Waals surface area (Å²) in [4.78, 5) is 14.9. The van der Waals surface area contributed by atoms with E-state index in [1.54, 1.807) is 13.1 Å². The molecule has 1 N–H and O–H groups in total. The summed E-state index contributed by atoms with van der Waals surface area (Å²) in [5, 5.41) is 14.3. The second-order valence-corrected chi connectivity index (χ2v) is 5.69. The Hall–Kier alpha value is -1.69. The third-order valence-electron chi connectivity index (χ3n) is 4.41. The molecule has 116 valence electrons. The Bertz CT molecular complexity index is 515. The molecule has 1 aromatic rings. The first-order valence-electron chi connectivity index (χ1n) is 7.51. The Morgan fingerprint density at radius 1 is 1.52 bits per heavy atom. The molecule has 1 aliphatic rings. The largest absolute Gasteiger partial charge is 0.375 e. The quantitative estimate of drug-likeness (QED) is 0.664. The summed E-state index contributed by atoms with van der Waals surface area (Å²) >= 11 is 0. The lowest BCUT2D eigenvalue weighted by atomic mass is 9.86. The molecule has 1 saturated heterocycles. The standard InChI is InChI=1S/C15H23N3O3/c1-4-15(5-2)9-12(6-7-21-15)17-14-8-13(18(19)20)11(3)10-16-14/h8,10,12H,4-7,9H2,1-3H3,(H,16,17). The highest BCUT2D eigenvalue weighted by Crippen LogP contribution is 2.33. The van der Waals surface area contributed by atoms with Crippen LogP contribution in [0, 0.1) is 17.0 Å². The van der Waals surface area contributed by atoms with Crippen molar-refractivity contribution in [2.75, 3.05) is 11.9 Å². The summed E-state index contributed by atoms with van der Waals surface area (Å²) in [6.07, 6.45) is 5.30. The molecule has 0 radical (unpaired) electrons. The van der Waals surface area contributed by atoms with E-state index in [1.165, 1.54) is 6.07 Å². The molecular weight excluding hydrogens is 270 g/mol. The highest BCUT2D eigenvalue weighted by Gasteiger charge is 2.34. The van der Waals surface area contributed by atoms with Crippen molar-refractivity contribution >= 4 is 11.5 Å². The summed E-state index contributed by atoms with van der Waals surface area (Å²) in [5.41, 5.74) is 0.609. The van der Waals surface area contributed by atoms with Gasteiger partial charge in [-0.05, 0) is 32.6 Å². The van der Waals surface area contributed by atoms with E-state index < -0.39 is 0 Å². The van der Waals surface area contributed by atoms with Gasteiger partial charge in [0, 0.05) is 24.4 Å². The van der Waals surface area contributed by atoms with Crippen molar-refractivity contribution in [3.8, 4) is 0 Å². The minimum absolute atomic E-state index is 0.0768. The van der Waals surface area contributed by atoms with Crippen LogP contribution in [-0.2, 0) is 4.74 Å². The fourth-order valence-corrected chi connectivity index (χ4v) is 2.89.